The Bertz CT molecular complexity index is 1520. The van der Waals surface area contributed by atoms with E-state index in [0.29, 0.717) is 5.56 Å². The minimum atomic E-state index is -0.846. The molecule has 59 heavy (non-hydrogen) atoms. The Hall–Kier alpha value is -3.80. The smallest absolute Gasteiger partial charge is 0.304 e. The molecule has 5 nitrogen and oxygen atoms in total. The highest BCUT2D eigenvalue weighted by Crippen LogP contribution is 2.22. The van der Waals surface area contributed by atoms with Gasteiger partial charge in [-0.25, -0.2) is 0 Å². The average molecular weight is 810 g/mol. The number of hydrogen-bond acceptors (Lipinski definition) is 4. The van der Waals surface area contributed by atoms with E-state index in [4.69, 9.17) is 0 Å². The first-order valence-electron chi connectivity index (χ1n) is 24.1. The molecule has 0 radical (unpaired) electrons. The molecular weight excluding hydrogens is 730 g/mol. The highest BCUT2D eigenvalue weighted by atomic mass is 19.1. The molecule has 0 aliphatic rings. The number of halogens is 1. The number of nitro groups is 1. The second-order valence-corrected chi connectivity index (χ2v) is 16.9. The molecule has 1 heterocycles. The number of nitrogens with zero attached hydrogens (tertiary/aromatic N) is 3. The maximum absolute atomic E-state index is 14.0. The lowest BCUT2D eigenvalue weighted by molar-refractivity contribution is -0.387. The molecule has 2 aromatic carbocycles. The minimum absolute atomic E-state index is 0.524. The minimum Gasteiger partial charge on any atom is -0.372 e. The van der Waals surface area contributed by atoms with Crippen LogP contribution in [0.4, 0.5) is 15.8 Å². The molecule has 0 saturated carbocycles. The van der Waals surface area contributed by atoms with Gasteiger partial charge in [0.1, 0.15) is 0 Å². The summed E-state index contributed by atoms with van der Waals surface area (Å²) >= 11 is 0. The van der Waals surface area contributed by atoms with Gasteiger partial charge in [0.2, 0.25) is 5.82 Å². The van der Waals surface area contributed by atoms with Crippen LogP contribution in [0.15, 0.2) is 60.8 Å². The van der Waals surface area contributed by atoms with Crippen molar-refractivity contribution in [2.45, 2.75) is 194 Å². The third-order valence-corrected chi connectivity index (χ3v) is 11.7. The van der Waals surface area contributed by atoms with Crippen molar-refractivity contribution in [1.29, 1.82) is 0 Å². The van der Waals surface area contributed by atoms with Gasteiger partial charge in [-0.2, -0.15) is 4.39 Å². The number of benzene rings is 2. The third-order valence-electron chi connectivity index (χ3n) is 11.7. The van der Waals surface area contributed by atoms with E-state index in [2.05, 4.69) is 60.1 Å². The normalized spacial score (nSPS) is 11.6. The van der Waals surface area contributed by atoms with Gasteiger partial charge in [0, 0.05) is 31.0 Å². The molecule has 0 spiro atoms. The quantitative estimate of drug-likeness (QED) is 0.0333. The topological polar surface area (TPSA) is 59.3 Å². The van der Waals surface area contributed by atoms with Crippen molar-refractivity contribution >= 4 is 35.7 Å². The Morgan fingerprint density at radius 3 is 1.31 bits per heavy atom. The Morgan fingerprint density at radius 2 is 0.898 bits per heavy atom. The van der Waals surface area contributed by atoms with Gasteiger partial charge in [0.25, 0.3) is 0 Å². The summed E-state index contributed by atoms with van der Waals surface area (Å²) in [5.41, 5.74) is 4.22. The van der Waals surface area contributed by atoms with E-state index in [1.807, 2.05) is 18.3 Å². The second-order valence-electron chi connectivity index (χ2n) is 16.9. The van der Waals surface area contributed by atoms with Crippen LogP contribution in [0.1, 0.15) is 216 Å². The zero-order valence-corrected chi connectivity index (χ0v) is 37.3. The summed E-state index contributed by atoms with van der Waals surface area (Å²) in [6.07, 6.45) is 48.4. The highest BCUT2D eigenvalue weighted by Gasteiger charge is 2.13. The molecule has 326 valence electrons. The lowest BCUT2D eigenvalue weighted by atomic mass is 10.0. The fourth-order valence-electron chi connectivity index (χ4n) is 7.92. The molecule has 3 rings (SSSR count). The van der Waals surface area contributed by atoms with Gasteiger partial charge in [-0.15, -0.1) is 0 Å². The van der Waals surface area contributed by atoms with Crippen LogP contribution >= 0.6 is 0 Å². The fraction of sp³-hybridized carbons (Fsp3) is 0.604. The van der Waals surface area contributed by atoms with Crippen LogP contribution in [0, 0.1) is 15.9 Å². The first-order chi connectivity index (χ1) is 29.0. The van der Waals surface area contributed by atoms with Gasteiger partial charge >= 0.3 is 5.69 Å². The Labute approximate surface area is 359 Å². The van der Waals surface area contributed by atoms with Crippen LogP contribution in [-0.4, -0.2) is 23.0 Å². The zero-order valence-electron chi connectivity index (χ0n) is 37.3. The van der Waals surface area contributed by atoms with E-state index in [1.54, 1.807) is 12.2 Å². The fourth-order valence-corrected chi connectivity index (χ4v) is 7.92. The predicted octanol–water partition coefficient (Wildman–Crippen LogP) is 17.2. The van der Waals surface area contributed by atoms with Gasteiger partial charge in [-0.3, -0.25) is 15.1 Å². The molecule has 0 bridgehead atoms. The number of rotatable bonds is 36. The summed E-state index contributed by atoms with van der Waals surface area (Å²) in [7, 11) is 0. The summed E-state index contributed by atoms with van der Waals surface area (Å²) in [4.78, 5) is 17.3. The Balaban J connectivity index is 1.41. The van der Waals surface area contributed by atoms with Crippen molar-refractivity contribution in [2.75, 3.05) is 18.0 Å². The summed E-state index contributed by atoms with van der Waals surface area (Å²) in [5, 5.41) is 10.9. The number of nitro benzene ring substituents is 1. The molecular formula is C53H80FN3O2. The molecule has 6 heteroatoms. The molecule has 0 aliphatic carbocycles. The molecule has 1 aromatic heterocycles. The lowest BCUT2D eigenvalue weighted by Gasteiger charge is -2.25. The van der Waals surface area contributed by atoms with Crippen molar-refractivity contribution < 1.29 is 9.31 Å². The zero-order chi connectivity index (χ0) is 42.0. The van der Waals surface area contributed by atoms with Crippen LogP contribution in [0.3, 0.4) is 0 Å². The van der Waals surface area contributed by atoms with Crippen LogP contribution in [0.25, 0.3) is 24.3 Å². The van der Waals surface area contributed by atoms with E-state index in [0.717, 1.165) is 36.0 Å². The van der Waals surface area contributed by atoms with E-state index in [1.165, 1.54) is 198 Å². The molecule has 0 N–H and O–H groups in total. The first-order valence-corrected chi connectivity index (χ1v) is 24.1. The number of anilines is 1. The van der Waals surface area contributed by atoms with E-state index < -0.39 is 16.4 Å². The molecule has 0 unspecified atom stereocenters. The summed E-state index contributed by atoms with van der Waals surface area (Å²) in [5.74, 6) is -0.846. The van der Waals surface area contributed by atoms with E-state index >= 15 is 0 Å². The summed E-state index contributed by atoms with van der Waals surface area (Å²) in [6.45, 7) is 6.86. The van der Waals surface area contributed by atoms with E-state index in [9.17, 15) is 14.5 Å². The predicted molar refractivity (Wildman–Crippen MR) is 254 cm³/mol. The van der Waals surface area contributed by atoms with Gasteiger partial charge in [0.05, 0.1) is 10.6 Å². The monoisotopic (exact) mass is 810 g/mol. The van der Waals surface area contributed by atoms with Crippen LogP contribution in [-0.2, 0) is 0 Å². The van der Waals surface area contributed by atoms with Crippen molar-refractivity contribution in [3.63, 3.8) is 0 Å². The number of aromatic nitrogens is 1. The standard InChI is InChI=1S/C53H80FN3O2/c1-3-5-7-9-11-13-15-17-19-21-23-25-27-29-43-56(44-30-28-26-24-22-20-18-16-14-12-10-8-6-4-2)51-40-35-47(36-41-51)31-32-49-34-39-50(55-46-49)38-33-48-37-42-53(57(58)59)52(54)45-48/h31-42,45-46H,3-30,43-44H2,1-2H3. The van der Waals surface area contributed by atoms with Crippen molar-refractivity contribution in [2.24, 2.45) is 0 Å². The SMILES string of the molecule is CCCCCCCCCCCCCCCCN(CCCCCCCCCCCCCCCC)c1ccc(C=Cc2ccc(C=Cc3ccc([N+](=O)[O-])c(F)c3)nc2)cc1. The molecule has 0 saturated heterocycles. The van der Waals surface area contributed by atoms with Crippen LogP contribution in [0.2, 0.25) is 0 Å². The molecule has 3 aromatic rings. The van der Waals surface area contributed by atoms with E-state index in [-0.39, 0.29) is 0 Å². The van der Waals surface area contributed by atoms with Crippen molar-refractivity contribution in [3.8, 4) is 0 Å². The summed E-state index contributed by atoms with van der Waals surface area (Å²) in [6, 6.07) is 16.8. The first kappa shape index (κ1) is 49.6. The molecule has 0 atom stereocenters. The summed E-state index contributed by atoms with van der Waals surface area (Å²) < 4.78 is 14.0. The van der Waals surface area contributed by atoms with Gasteiger partial charge in [-0.05, 0) is 65.9 Å². The Kier molecular flexibility index (Phi) is 27.7. The average Bonchev–Trinajstić information content (AvgIpc) is 3.25. The lowest BCUT2D eigenvalue weighted by Crippen LogP contribution is -2.25. The van der Waals surface area contributed by atoms with Gasteiger partial charge < -0.3 is 4.90 Å². The maximum Gasteiger partial charge on any atom is 0.304 e. The largest absolute Gasteiger partial charge is 0.372 e. The van der Waals surface area contributed by atoms with Gasteiger partial charge in [-0.1, -0.05) is 217 Å². The number of pyridine rings is 1. The third kappa shape index (κ3) is 23.5. The van der Waals surface area contributed by atoms with Gasteiger partial charge in [0.15, 0.2) is 0 Å². The maximum atomic E-state index is 14.0. The highest BCUT2D eigenvalue weighted by molar-refractivity contribution is 5.72. The molecule has 0 amide bonds. The van der Waals surface area contributed by atoms with Crippen molar-refractivity contribution in [3.05, 3.63) is 99.1 Å². The molecule has 0 fully saturated rings. The Morgan fingerprint density at radius 1 is 0.508 bits per heavy atom. The second kappa shape index (κ2) is 33.0. The number of hydrogen-bond donors (Lipinski definition) is 0. The van der Waals surface area contributed by atoms with Crippen molar-refractivity contribution in [1.82, 2.24) is 4.98 Å². The molecule has 0 aliphatic heterocycles. The van der Waals surface area contributed by atoms with Crippen LogP contribution in [0.5, 0.6) is 0 Å². The van der Waals surface area contributed by atoms with Crippen LogP contribution < -0.4 is 4.90 Å². The number of unbranched alkanes of at least 4 members (excludes halogenated alkanes) is 26.